The molecule has 0 spiro atoms. The third-order valence-corrected chi connectivity index (χ3v) is 3.56. The van der Waals surface area contributed by atoms with E-state index in [1.165, 1.54) is 0 Å². The van der Waals surface area contributed by atoms with Crippen molar-refractivity contribution in [3.63, 3.8) is 0 Å². The van der Waals surface area contributed by atoms with Crippen LogP contribution in [0, 0.1) is 0 Å². The van der Waals surface area contributed by atoms with Crippen molar-refractivity contribution in [2.45, 2.75) is 31.3 Å². The van der Waals surface area contributed by atoms with Gasteiger partial charge in [-0.05, 0) is 24.5 Å². The third kappa shape index (κ3) is 4.40. The normalized spacial score (nSPS) is 13.4. The third-order valence-electron chi connectivity index (χ3n) is 3.56. The SMILES string of the molecule is N[C@@H](Cc1c[nH]c2ccccc12)C(=O)N[C@H]([C]=O)CCC(=O)O. The molecule has 2 rings (SSSR count). The van der Waals surface area contributed by atoms with E-state index in [0.29, 0.717) is 6.42 Å². The number of benzene rings is 1. The first kappa shape index (κ1) is 16.7. The number of amides is 1. The van der Waals surface area contributed by atoms with Crippen LogP contribution in [-0.2, 0) is 20.8 Å². The molecule has 7 nitrogen and oxygen atoms in total. The summed E-state index contributed by atoms with van der Waals surface area (Å²) in [6, 6.07) is 5.85. The number of aromatic amines is 1. The molecule has 1 heterocycles. The highest BCUT2D eigenvalue weighted by Gasteiger charge is 2.20. The average Bonchev–Trinajstić information content (AvgIpc) is 2.94. The van der Waals surface area contributed by atoms with Crippen LogP contribution < -0.4 is 11.1 Å². The molecular weight excluding hydrogens is 298 g/mol. The van der Waals surface area contributed by atoms with E-state index < -0.39 is 24.0 Å². The lowest BCUT2D eigenvalue weighted by Crippen LogP contribution is -2.47. The summed E-state index contributed by atoms with van der Waals surface area (Å²) in [4.78, 5) is 36.4. The molecule has 1 radical (unpaired) electrons. The van der Waals surface area contributed by atoms with Crippen LogP contribution in [0.4, 0.5) is 0 Å². The molecule has 0 fully saturated rings. The van der Waals surface area contributed by atoms with Crippen molar-refractivity contribution in [2.75, 3.05) is 0 Å². The molecule has 5 N–H and O–H groups in total. The number of H-pyrrole nitrogens is 1. The molecule has 0 aliphatic rings. The number of aromatic nitrogens is 1. The standard InChI is InChI=1S/C16H18N3O4/c17-13(16(23)19-11(9-20)5-6-15(21)22)7-10-8-18-14-4-2-1-3-12(10)14/h1-4,8,11,13,18H,5-7,17H2,(H,19,23)(H,21,22)/t11-,13-/m0/s1. The minimum atomic E-state index is -1.04. The average molecular weight is 316 g/mol. The Balaban J connectivity index is 1.96. The molecule has 2 aromatic rings. The van der Waals surface area contributed by atoms with Gasteiger partial charge in [0.25, 0.3) is 0 Å². The van der Waals surface area contributed by atoms with E-state index in [0.717, 1.165) is 16.5 Å². The molecular formula is C16H18N3O4. The van der Waals surface area contributed by atoms with E-state index >= 15 is 0 Å². The van der Waals surface area contributed by atoms with E-state index in [1.54, 1.807) is 12.5 Å². The number of rotatable bonds is 8. The van der Waals surface area contributed by atoms with Crippen LogP contribution in [0.25, 0.3) is 10.9 Å². The summed E-state index contributed by atoms with van der Waals surface area (Å²) < 4.78 is 0. The van der Waals surface area contributed by atoms with Gasteiger partial charge in [-0.3, -0.25) is 14.4 Å². The molecule has 1 amide bonds. The van der Waals surface area contributed by atoms with E-state index in [4.69, 9.17) is 10.8 Å². The van der Waals surface area contributed by atoms with Gasteiger partial charge in [0.1, 0.15) is 0 Å². The Morgan fingerprint density at radius 1 is 1.35 bits per heavy atom. The summed E-state index contributed by atoms with van der Waals surface area (Å²) in [7, 11) is 0. The summed E-state index contributed by atoms with van der Waals surface area (Å²) in [5.41, 5.74) is 7.74. The number of nitrogens with two attached hydrogens (primary N) is 1. The van der Waals surface area contributed by atoms with Gasteiger partial charge in [0, 0.05) is 23.5 Å². The lowest BCUT2D eigenvalue weighted by Gasteiger charge is -2.15. The van der Waals surface area contributed by atoms with Crippen LogP contribution in [-0.4, -0.2) is 40.3 Å². The number of fused-ring (bicyclic) bond motifs is 1. The Bertz CT molecular complexity index is 710. The number of carboxylic acids is 1. The van der Waals surface area contributed by atoms with Gasteiger partial charge in [-0.2, -0.15) is 0 Å². The Morgan fingerprint density at radius 3 is 2.78 bits per heavy atom. The summed E-state index contributed by atoms with van der Waals surface area (Å²) >= 11 is 0. The fourth-order valence-electron chi connectivity index (χ4n) is 2.34. The van der Waals surface area contributed by atoms with Gasteiger partial charge in [-0.1, -0.05) is 18.2 Å². The maximum absolute atomic E-state index is 12.0. The quantitative estimate of drug-likeness (QED) is 0.564. The highest BCUT2D eigenvalue weighted by atomic mass is 16.4. The molecule has 0 saturated heterocycles. The molecule has 0 unspecified atom stereocenters. The molecule has 121 valence electrons. The van der Waals surface area contributed by atoms with Crippen molar-refractivity contribution in [2.24, 2.45) is 5.73 Å². The maximum Gasteiger partial charge on any atom is 0.303 e. The minimum absolute atomic E-state index is 0.00954. The number of carbonyl (C=O) groups is 2. The van der Waals surface area contributed by atoms with Crippen LogP contribution >= 0.6 is 0 Å². The smallest absolute Gasteiger partial charge is 0.303 e. The van der Waals surface area contributed by atoms with Gasteiger partial charge in [0.2, 0.25) is 12.2 Å². The van der Waals surface area contributed by atoms with Crippen molar-refractivity contribution < 1.29 is 19.5 Å². The van der Waals surface area contributed by atoms with Gasteiger partial charge in [-0.15, -0.1) is 0 Å². The number of carboxylic acid groups (broad SMARTS) is 1. The number of carbonyl (C=O) groups excluding carboxylic acids is 2. The van der Waals surface area contributed by atoms with E-state index in [-0.39, 0.29) is 12.8 Å². The number of hydrogen-bond donors (Lipinski definition) is 4. The van der Waals surface area contributed by atoms with Crippen LogP contribution in [0.3, 0.4) is 0 Å². The van der Waals surface area contributed by atoms with E-state index in [1.807, 2.05) is 24.3 Å². The zero-order valence-corrected chi connectivity index (χ0v) is 12.4. The van der Waals surface area contributed by atoms with Gasteiger partial charge < -0.3 is 21.1 Å². The van der Waals surface area contributed by atoms with Gasteiger partial charge in [0.15, 0.2) is 0 Å². The lowest BCUT2D eigenvalue weighted by molar-refractivity contribution is -0.137. The Kier molecular flexibility index (Phi) is 5.48. The van der Waals surface area contributed by atoms with Crippen LogP contribution in [0.2, 0.25) is 0 Å². The van der Waals surface area contributed by atoms with Crippen LogP contribution in [0.5, 0.6) is 0 Å². The van der Waals surface area contributed by atoms with Crippen molar-refractivity contribution in [3.8, 4) is 0 Å². The van der Waals surface area contributed by atoms with E-state index in [9.17, 15) is 14.4 Å². The number of nitrogens with one attached hydrogen (secondary N) is 2. The number of para-hydroxylation sites is 1. The van der Waals surface area contributed by atoms with Gasteiger partial charge in [-0.25, -0.2) is 0 Å². The summed E-state index contributed by atoms with van der Waals surface area (Å²) in [6.07, 6.45) is 3.49. The fraction of sp³-hybridized carbons (Fsp3) is 0.312. The first-order chi connectivity index (χ1) is 11.0. The van der Waals surface area contributed by atoms with Crippen molar-refractivity contribution in [1.29, 1.82) is 0 Å². The summed E-state index contributed by atoms with van der Waals surface area (Å²) in [6.45, 7) is 0. The molecule has 0 aliphatic heterocycles. The molecule has 2 atom stereocenters. The molecule has 1 aromatic carbocycles. The molecule has 1 aromatic heterocycles. The molecule has 0 aliphatic carbocycles. The Labute approximate surface area is 132 Å². The molecule has 7 heteroatoms. The minimum Gasteiger partial charge on any atom is -0.481 e. The predicted octanol–water partition coefficient (Wildman–Crippen LogP) is 0.497. The first-order valence-electron chi connectivity index (χ1n) is 7.21. The lowest BCUT2D eigenvalue weighted by atomic mass is 10.0. The topological polar surface area (TPSA) is 125 Å². The molecule has 0 bridgehead atoms. The molecule has 0 saturated carbocycles. The van der Waals surface area contributed by atoms with Crippen molar-refractivity contribution >= 4 is 29.1 Å². The summed E-state index contributed by atoms with van der Waals surface area (Å²) in [5, 5.41) is 12.0. The monoisotopic (exact) mass is 316 g/mol. The van der Waals surface area contributed by atoms with E-state index in [2.05, 4.69) is 10.3 Å². The van der Waals surface area contributed by atoms with Gasteiger partial charge in [0.05, 0.1) is 12.1 Å². The van der Waals surface area contributed by atoms with Crippen LogP contribution in [0.1, 0.15) is 18.4 Å². The molecule has 23 heavy (non-hydrogen) atoms. The Hall–Kier alpha value is -2.67. The highest BCUT2D eigenvalue weighted by molar-refractivity contribution is 5.87. The van der Waals surface area contributed by atoms with Gasteiger partial charge >= 0.3 is 5.97 Å². The largest absolute Gasteiger partial charge is 0.481 e. The van der Waals surface area contributed by atoms with Crippen molar-refractivity contribution in [1.82, 2.24) is 10.3 Å². The highest BCUT2D eigenvalue weighted by Crippen LogP contribution is 2.18. The fourth-order valence-corrected chi connectivity index (χ4v) is 2.34. The second-order valence-corrected chi connectivity index (χ2v) is 5.28. The zero-order chi connectivity index (χ0) is 16.8. The second kappa shape index (κ2) is 7.55. The predicted molar refractivity (Wildman–Crippen MR) is 84.5 cm³/mol. The van der Waals surface area contributed by atoms with Crippen LogP contribution in [0.15, 0.2) is 30.5 Å². The van der Waals surface area contributed by atoms with Crippen molar-refractivity contribution in [3.05, 3.63) is 36.0 Å². The number of hydrogen-bond acceptors (Lipinski definition) is 4. The maximum atomic E-state index is 12.0. The first-order valence-corrected chi connectivity index (χ1v) is 7.21. The Morgan fingerprint density at radius 2 is 2.09 bits per heavy atom. The second-order valence-electron chi connectivity index (χ2n) is 5.28. The summed E-state index contributed by atoms with van der Waals surface area (Å²) in [5.74, 6) is -1.54. The zero-order valence-electron chi connectivity index (χ0n) is 12.4. The number of aliphatic carboxylic acids is 1.